The van der Waals surface area contributed by atoms with Crippen molar-refractivity contribution in [2.45, 2.75) is 30.3 Å². The zero-order valence-corrected chi connectivity index (χ0v) is 19.3. The van der Waals surface area contributed by atoms with Crippen LogP contribution in [0.15, 0.2) is 58.4 Å². The number of carbonyl (C=O) groups is 1. The molecule has 0 unspecified atom stereocenters. The molecule has 1 aromatic heterocycles. The topological polar surface area (TPSA) is 71.7 Å². The molecule has 30 heavy (non-hydrogen) atoms. The van der Waals surface area contributed by atoms with E-state index in [1.54, 1.807) is 30.9 Å². The lowest BCUT2D eigenvalue weighted by atomic mass is 10.2. The number of nitrogens with zero attached hydrogens (tertiary/aromatic N) is 3. The van der Waals surface area contributed by atoms with Crippen LogP contribution in [0.3, 0.4) is 0 Å². The normalized spacial score (nSPS) is 15.2. The van der Waals surface area contributed by atoms with Crippen LogP contribution in [0, 0.1) is 0 Å². The van der Waals surface area contributed by atoms with Crippen molar-refractivity contribution in [1.82, 2.24) is 8.87 Å². The van der Waals surface area contributed by atoms with Crippen molar-refractivity contribution in [3.63, 3.8) is 0 Å². The van der Waals surface area contributed by atoms with Gasteiger partial charge in [0.15, 0.2) is 4.80 Å². The molecule has 0 radical (unpaired) electrons. The fourth-order valence-electron chi connectivity index (χ4n) is 3.23. The second kappa shape index (κ2) is 8.66. The van der Waals surface area contributed by atoms with E-state index in [1.165, 1.54) is 27.8 Å². The molecule has 2 aromatic carbocycles. The minimum atomic E-state index is -3.52. The van der Waals surface area contributed by atoms with Gasteiger partial charge >= 0.3 is 0 Å². The molecule has 0 bridgehead atoms. The third kappa shape index (κ3) is 4.25. The number of carbonyl (C=O) groups excluding carboxylic acids is 1. The van der Waals surface area contributed by atoms with Gasteiger partial charge in [-0.2, -0.15) is 21.1 Å². The number of benzene rings is 2. The number of thioether (sulfide) groups is 1. The smallest absolute Gasteiger partial charge is 0.279 e. The van der Waals surface area contributed by atoms with E-state index in [1.807, 2.05) is 30.5 Å². The molecule has 0 saturated heterocycles. The molecule has 4 rings (SSSR count). The Bertz CT molecular complexity index is 1240. The molecule has 1 saturated carbocycles. The van der Waals surface area contributed by atoms with Crippen molar-refractivity contribution in [1.29, 1.82) is 0 Å². The van der Waals surface area contributed by atoms with E-state index in [9.17, 15) is 13.2 Å². The Kier molecular flexibility index (Phi) is 6.15. The maximum absolute atomic E-state index is 12.8. The molecule has 158 valence electrons. The van der Waals surface area contributed by atoms with Gasteiger partial charge in [-0.3, -0.25) is 4.79 Å². The summed E-state index contributed by atoms with van der Waals surface area (Å²) >= 11 is 3.22. The maximum atomic E-state index is 12.8. The molecular weight excluding hydrogens is 438 g/mol. The fraction of sp³-hybridized carbons (Fsp3) is 0.333. The first-order valence-electron chi connectivity index (χ1n) is 9.66. The lowest BCUT2D eigenvalue weighted by molar-refractivity contribution is 0.0997. The predicted molar refractivity (Wildman–Crippen MR) is 123 cm³/mol. The van der Waals surface area contributed by atoms with Gasteiger partial charge in [0.2, 0.25) is 10.0 Å². The highest BCUT2D eigenvalue weighted by molar-refractivity contribution is 7.98. The quantitative estimate of drug-likeness (QED) is 0.539. The van der Waals surface area contributed by atoms with Gasteiger partial charge in [0.25, 0.3) is 5.91 Å². The van der Waals surface area contributed by atoms with E-state index in [0.29, 0.717) is 10.4 Å². The minimum Gasteiger partial charge on any atom is -0.316 e. The number of hydrogen-bond donors (Lipinski definition) is 0. The van der Waals surface area contributed by atoms with Crippen LogP contribution in [0.25, 0.3) is 10.2 Å². The van der Waals surface area contributed by atoms with Crippen LogP contribution in [-0.4, -0.2) is 48.3 Å². The third-order valence-electron chi connectivity index (χ3n) is 5.14. The number of aryl methyl sites for hydroxylation is 1. The lowest BCUT2D eigenvalue weighted by Crippen LogP contribution is -2.28. The Morgan fingerprint density at radius 1 is 1.20 bits per heavy atom. The Hall–Kier alpha value is -1.94. The zero-order valence-electron chi connectivity index (χ0n) is 16.8. The number of hydrogen-bond acceptors (Lipinski definition) is 5. The van der Waals surface area contributed by atoms with Gasteiger partial charge in [0.1, 0.15) is 0 Å². The van der Waals surface area contributed by atoms with Crippen LogP contribution >= 0.6 is 23.1 Å². The summed E-state index contributed by atoms with van der Waals surface area (Å²) in [6.07, 6.45) is 3.85. The van der Waals surface area contributed by atoms with E-state index in [-0.39, 0.29) is 16.8 Å². The Morgan fingerprint density at radius 2 is 1.90 bits per heavy atom. The van der Waals surface area contributed by atoms with Crippen LogP contribution < -0.4 is 4.80 Å². The average molecular weight is 462 g/mol. The number of aromatic nitrogens is 1. The molecule has 0 spiro atoms. The summed E-state index contributed by atoms with van der Waals surface area (Å²) in [6, 6.07) is 14.2. The van der Waals surface area contributed by atoms with Crippen LogP contribution in [0.5, 0.6) is 0 Å². The number of rotatable bonds is 7. The first kappa shape index (κ1) is 21.3. The van der Waals surface area contributed by atoms with E-state index >= 15 is 0 Å². The van der Waals surface area contributed by atoms with Crippen LogP contribution in [0.2, 0.25) is 0 Å². The van der Waals surface area contributed by atoms with Gasteiger partial charge in [0.05, 0.1) is 15.1 Å². The minimum absolute atomic E-state index is 0.0935. The fourth-order valence-corrected chi connectivity index (χ4v) is 6.06. The summed E-state index contributed by atoms with van der Waals surface area (Å²) in [4.78, 5) is 18.0. The number of fused-ring (bicyclic) bond motifs is 1. The summed E-state index contributed by atoms with van der Waals surface area (Å²) in [5.41, 5.74) is 1.43. The molecule has 6 nitrogen and oxygen atoms in total. The number of para-hydroxylation sites is 1. The maximum Gasteiger partial charge on any atom is 0.279 e. The molecular formula is C21H23N3O3S3. The molecule has 1 heterocycles. The van der Waals surface area contributed by atoms with Crippen LogP contribution in [0.1, 0.15) is 23.2 Å². The second-order valence-corrected chi connectivity index (χ2v) is 11.2. The van der Waals surface area contributed by atoms with Gasteiger partial charge in [-0.15, -0.1) is 0 Å². The molecule has 1 amide bonds. The van der Waals surface area contributed by atoms with Gasteiger partial charge in [-0.05, 0) is 55.5 Å². The molecule has 1 aliphatic rings. The number of thiazole rings is 1. The average Bonchev–Trinajstić information content (AvgIpc) is 3.54. The second-order valence-electron chi connectivity index (χ2n) is 7.19. The largest absolute Gasteiger partial charge is 0.316 e. The van der Waals surface area contributed by atoms with Crippen molar-refractivity contribution in [3.05, 3.63) is 58.9 Å². The monoisotopic (exact) mass is 461 g/mol. The Morgan fingerprint density at radius 3 is 2.57 bits per heavy atom. The van der Waals surface area contributed by atoms with Crippen molar-refractivity contribution in [2.75, 3.05) is 19.1 Å². The van der Waals surface area contributed by atoms with Gasteiger partial charge in [0, 0.05) is 31.0 Å². The van der Waals surface area contributed by atoms with E-state index in [0.717, 1.165) is 35.4 Å². The highest BCUT2D eigenvalue weighted by atomic mass is 32.2. The summed E-state index contributed by atoms with van der Waals surface area (Å²) in [5.74, 6) is 0.544. The molecule has 0 atom stereocenters. The zero-order chi connectivity index (χ0) is 21.3. The summed E-state index contributed by atoms with van der Waals surface area (Å²) < 4.78 is 29.9. The van der Waals surface area contributed by atoms with Crippen molar-refractivity contribution < 1.29 is 13.2 Å². The first-order valence-corrected chi connectivity index (χ1v) is 13.3. The predicted octanol–water partition coefficient (Wildman–Crippen LogP) is 3.59. The van der Waals surface area contributed by atoms with Crippen LogP contribution in [0.4, 0.5) is 0 Å². The van der Waals surface area contributed by atoms with Crippen molar-refractivity contribution in [2.24, 2.45) is 4.99 Å². The van der Waals surface area contributed by atoms with Gasteiger partial charge < -0.3 is 4.57 Å². The van der Waals surface area contributed by atoms with Crippen molar-refractivity contribution >= 4 is 49.2 Å². The van der Waals surface area contributed by atoms with E-state index in [4.69, 9.17) is 0 Å². The van der Waals surface area contributed by atoms with Crippen LogP contribution in [-0.2, 0) is 16.6 Å². The Balaban J connectivity index is 1.64. The van der Waals surface area contributed by atoms with Gasteiger partial charge in [-0.1, -0.05) is 23.5 Å². The molecule has 1 fully saturated rings. The van der Waals surface area contributed by atoms with Crippen molar-refractivity contribution in [3.8, 4) is 0 Å². The Labute approximate surface area is 184 Å². The SMILES string of the molecule is CSCCn1c(=NC(=O)c2ccc(S(=O)(=O)N(C)C3CC3)cc2)sc2ccccc21. The summed E-state index contributed by atoms with van der Waals surface area (Å²) in [5, 5.41) is 0. The molecule has 3 aromatic rings. The molecule has 0 N–H and O–H groups in total. The summed E-state index contributed by atoms with van der Waals surface area (Å²) in [6.45, 7) is 0.766. The number of sulfonamides is 1. The highest BCUT2D eigenvalue weighted by Gasteiger charge is 2.35. The van der Waals surface area contributed by atoms with Gasteiger partial charge in [-0.25, -0.2) is 8.42 Å². The molecule has 0 aliphatic heterocycles. The molecule has 9 heteroatoms. The number of amides is 1. The summed E-state index contributed by atoms with van der Waals surface area (Å²) in [7, 11) is -1.92. The van der Waals surface area contributed by atoms with E-state index in [2.05, 4.69) is 9.56 Å². The van der Waals surface area contributed by atoms with E-state index < -0.39 is 10.0 Å². The third-order valence-corrected chi connectivity index (χ3v) is 8.72. The standard InChI is InChI=1S/C21H23N3O3S3/c1-23(16-9-10-16)30(26,27)17-11-7-15(8-12-17)20(25)22-21-24(13-14-28-2)18-5-3-4-6-19(18)29-21/h3-8,11-12,16H,9-10,13-14H2,1-2H3. The highest BCUT2D eigenvalue weighted by Crippen LogP contribution is 2.30. The molecule has 1 aliphatic carbocycles. The first-order chi connectivity index (χ1) is 14.4. The lowest BCUT2D eigenvalue weighted by Gasteiger charge is -2.16.